The van der Waals surface area contributed by atoms with Crippen molar-refractivity contribution in [3.63, 3.8) is 0 Å². The van der Waals surface area contributed by atoms with Crippen LogP contribution >= 0.6 is 23.2 Å². The second kappa shape index (κ2) is 17.6. The van der Waals surface area contributed by atoms with Gasteiger partial charge in [-0.1, -0.05) is 113 Å². The van der Waals surface area contributed by atoms with Crippen molar-refractivity contribution in [1.29, 1.82) is 0 Å². The Labute approximate surface area is 371 Å². The number of fused-ring (bicyclic) bond motifs is 1. The SMILES string of the molecule is COC(=O)N[C@H](C(=O)N1C[C@@H](C)C[C@H]1c1nc(Cl)c(-c2ccc(-c3ccc4cc(-c5[nH]c([C@@H]6C[C@H](C)CN6C(=O)[C@@](C)(OC(N)=O)C(C)C)nc5Cl)ccc4c3)cc2)[nH]1)C(C)C. The van der Waals surface area contributed by atoms with Crippen LogP contribution in [0.1, 0.15) is 85.0 Å². The zero-order chi connectivity index (χ0) is 44.8. The van der Waals surface area contributed by atoms with Crippen molar-refractivity contribution in [1.82, 2.24) is 35.1 Å². The first-order valence-electron chi connectivity index (χ1n) is 21.0. The van der Waals surface area contributed by atoms with Gasteiger partial charge in [-0.25, -0.2) is 19.6 Å². The van der Waals surface area contributed by atoms with E-state index in [1.165, 1.54) is 7.11 Å². The number of imidazole rings is 2. The maximum atomic E-state index is 13.9. The van der Waals surface area contributed by atoms with E-state index in [0.29, 0.717) is 59.3 Å². The molecule has 2 fully saturated rings. The number of nitrogens with two attached hydrogens (primary N) is 1. The van der Waals surface area contributed by atoms with Crippen molar-refractivity contribution >= 4 is 58.0 Å². The van der Waals surface area contributed by atoms with E-state index in [1.54, 1.807) is 16.7 Å². The third kappa shape index (κ3) is 8.72. The predicted octanol–water partition coefficient (Wildman–Crippen LogP) is 9.30. The molecule has 16 heteroatoms. The molecule has 7 rings (SSSR count). The first-order valence-corrected chi connectivity index (χ1v) is 21.7. The largest absolute Gasteiger partial charge is 0.453 e. The molecule has 2 aromatic heterocycles. The van der Waals surface area contributed by atoms with Gasteiger partial charge in [0, 0.05) is 30.1 Å². The maximum absolute atomic E-state index is 13.9. The number of ether oxygens (including phenoxy) is 2. The highest BCUT2D eigenvalue weighted by Crippen LogP contribution is 2.41. The van der Waals surface area contributed by atoms with Gasteiger partial charge in [0.05, 0.1) is 30.6 Å². The lowest BCUT2D eigenvalue weighted by atomic mass is 9.90. The summed E-state index contributed by atoms with van der Waals surface area (Å²) in [5, 5.41) is 5.34. The molecule has 62 heavy (non-hydrogen) atoms. The first kappa shape index (κ1) is 44.5. The number of rotatable bonds is 11. The molecule has 2 aliphatic rings. The zero-order valence-corrected chi connectivity index (χ0v) is 37.7. The number of hydrogen-bond donors (Lipinski definition) is 4. The molecule has 0 saturated carbocycles. The lowest BCUT2D eigenvalue weighted by molar-refractivity contribution is -0.155. The fourth-order valence-electron chi connectivity index (χ4n) is 8.71. The van der Waals surface area contributed by atoms with Crippen LogP contribution in [0.2, 0.25) is 10.3 Å². The summed E-state index contributed by atoms with van der Waals surface area (Å²) < 4.78 is 10.2. The zero-order valence-electron chi connectivity index (χ0n) is 36.2. The number of aromatic nitrogens is 4. The number of aromatic amines is 2. The molecule has 5 N–H and O–H groups in total. The van der Waals surface area contributed by atoms with Crippen LogP contribution in [0.3, 0.4) is 0 Å². The van der Waals surface area contributed by atoms with Crippen molar-refractivity contribution in [2.24, 2.45) is 29.4 Å². The number of primary amides is 1. The minimum Gasteiger partial charge on any atom is -0.453 e. The molecule has 2 saturated heterocycles. The topological polar surface area (TPSA) is 189 Å². The van der Waals surface area contributed by atoms with Gasteiger partial charge in [0.25, 0.3) is 5.91 Å². The second-order valence-corrected chi connectivity index (χ2v) is 18.3. The number of amides is 4. The molecule has 4 heterocycles. The van der Waals surface area contributed by atoms with E-state index in [0.717, 1.165) is 33.0 Å². The Morgan fingerprint density at radius 2 is 1.26 bits per heavy atom. The summed E-state index contributed by atoms with van der Waals surface area (Å²) in [5.74, 6) is 0.587. The molecule has 6 atom stereocenters. The van der Waals surface area contributed by atoms with E-state index >= 15 is 0 Å². The van der Waals surface area contributed by atoms with Crippen LogP contribution in [0.25, 0.3) is 44.4 Å². The molecular formula is C46H54Cl2N8O6. The van der Waals surface area contributed by atoms with Gasteiger partial charge in [-0.15, -0.1) is 0 Å². The number of hydrogen-bond acceptors (Lipinski definition) is 8. The van der Waals surface area contributed by atoms with Crippen molar-refractivity contribution < 1.29 is 28.7 Å². The lowest BCUT2D eigenvalue weighted by Gasteiger charge is -2.36. The van der Waals surface area contributed by atoms with E-state index in [-0.39, 0.29) is 41.5 Å². The van der Waals surface area contributed by atoms with Crippen LogP contribution in [-0.4, -0.2) is 85.6 Å². The van der Waals surface area contributed by atoms with E-state index in [9.17, 15) is 19.2 Å². The monoisotopic (exact) mass is 884 g/mol. The molecule has 0 aliphatic carbocycles. The van der Waals surface area contributed by atoms with E-state index in [4.69, 9.17) is 38.4 Å². The number of alkyl carbamates (subject to hydrolysis) is 1. The average Bonchev–Trinajstić information content (AvgIpc) is 4.03. The number of halogens is 2. The second-order valence-electron chi connectivity index (χ2n) is 17.6. The summed E-state index contributed by atoms with van der Waals surface area (Å²) in [4.78, 5) is 71.3. The molecule has 0 radical (unpaired) electrons. The molecule has 3 aromatic carbocycles. The average molecular weight is 886 g/mol. The number of methoxy groups -OCH3 is 1. The maximum Gasteiger partial charge on any atom is 0.407 e. The number of H-pyrrole nitrogens is 2. The predicted molar refractivity (Wildman–Crippen MR) is 239 cm³/mol. The molecule has 14 nitrogen and oxygen atoms in total. The molecule has 0 unspecified atom stereocenters. The molecule has 2 aliphatic heterocycles. The Hall–Kier alpha value is -5.60. The van der Waals surface area contributed by atoms with E-state index < -0.39 is 29.9 Å². The number of nitrogens with one attached hydrogen (secondary N) is 3. The molecule has 4 amide bonds. The standard InChI is InChI=1S/C46H54Cl2N8O6/c1-23(2)35(52-45(60)61-8)42(57)55-21-25(5)17-33(55)40-50-36(38(47)53-40)28-11-9-27(10-12-28)29-13-14-31-20-32(16-15-30(31)19-29)37-39(48)54-41(51-37)34-18-26(6)22-56(34)43(58)46(7,24(3)4)62-44(49)59/h9-16,19-20,23-26,33-35H,17-18,21-22H2,1-8H3,(H2,49,59)(H,50,53)(H,51,54)(H,52,60)/t25-,26-,33-,34-,35-,46-/m0/s1. The van der Waals surface area contributed by atoms with Gasteiger partial charge in [-0.2, -0.15) is 0 Å². The molecule has 0 spiro atoms. The van der Waals surface area contributed by atoms with Crippen LogP contribution in [0.4, 0.5) is 9.59 Å². The van der Waals surface area contributed by atoms with Crippen molar-refractivity contribution in [2.45, 2.75) is 85.0 Å². The number of benzene rings is 3. The Balaban J connectivity index is 1.08. The van der Waals surface area contributed by atoms with Crippen LogP contribution in [-0.2, 0) is 19.1 Å². The third-order valence-corrected chi connectivity index (χ3v) is 13.0. The smallest absolute Gasteiger partial charge is 0.407 e. The molecular weight excluding hydrogens is 831 g/mol. The Kier molecular flexibility index (Phi) is 12.7. The van der Waals surface area contributed by atoms with Gasteiger partial charge >= 0.3 is 12.2 Å². The Morgan fingerprint density at radius 3 is 1.79 bits per heavy atom. The van der Waals surface area contributed by atoms with Gasteiger partial charge in [0.1, 0.15) is 17.7 Å². The van der Waals surface area contributed by atoms with Crippen LogP contribution < -0.4 is 11.1 Å². The minimum absolute atomic E-state index is 0.150. The van der Waals surface area contributed by atoms with Crippen molar-refractivity contribution in [3.8, 4) is 33.6 Å². The highest BCUT2D eigenvalue weighted by atomic mass is 35.5. The Morgan fingerprint density at radius 1 is 0.774 bits per heavy atom. The van der Waals surface area contributed by atoms with Crippen LogP contribution in [0.5, 0.6) is 0 Å². The third-order valence-electron chi connectivity index (χ3n) is 12.4. The summed E-state index contributed by atoms with van der Waals surface area (Å²) in [6, 6.07) is 18.9. The fourth-order valence-corrected chi connectivity index (χ4v) is 9.20. The van der Waals surface area contributed by atoms with Gasteiger partial charge < -0.3 is 40.3 Å². The molecule has 0 bridgehead atoms. The van der Waals surface area contributed by atoms with Gasteiger partial charge in [-0.05, 0) is 71.6 Å². The van der Waals surface area contributed by atoms with Gasteiger partial charge in [-0.3, -0.25) is 9.59 Å². The number of likely N-dealkylation sites (tertiary alicyclic amines) is 2. The lowest BCUT2D eigenvalue weighted by Crippen LogP contribution is -2.53. The van der Waals surface area contributed by atoms with Crippen molar-refractivity contribution in [2.75, 3.05) is 20.2 Å². The molecule has 5 aromatic rings. The first-order chi connectivity index (χ1) is 29.4. The minimum atomic E-state index is -1.43. The van der Waals surface area contributed by atoms with Crippen molar-refractivity contribution in [3.05, 3.63) is 82.6 Å². The Bertz CT molecular complexity index is 2500. The summed E-state index contributed by atoms with van der Waals surface area (Å²) in [6.45, 7) is 14.2. The quantitative estimate of drug-likeness (QED) is 0.101. The summed E-state index contributed by atoms with van der Waals surface area (Å²) >= 11 is 13.5. The fraction of sp³-hybridized carbons (Fsp3) is 0.435. The van der Waals surface area contributed by atoms with Gasteiger partial charge in [0.2, 0.25) is 5.91 Å². The van der Waals surface area contributed by atoms with E-state index in [1.807, 2.05) is 64.1 Å². The molecule has 328 valence electrons. The van der Waals surface area contributed by atoms with Gasteiger partial charge in [0.15, 0.2) is 15.9 Å². The normalized spacial score (nSPS) is 20.5. The highest BCUT2D eigenvalue weighted by molar-refractivity contribution is 6.32. The van der Waals surface area contributed by atoms with Crippen LogP contribution in [0, 0.1) is 23.7 Å². The highest BCUT2D eigenvalue weighted by Gasteiger charge is 2.48. The number of nitrogens with zero attached hydrogens (tertiary/aromatic N) is 4. The number of carbonyl (C=O) groups is 4. The summed E-state index contributed by atoms with van der Waals surface area (Å²) in [5.41, 5.74) is 8.98. The number of carbonyl (C=O) groups excluding carboxylic acids is 4. The van der Waals surface area contributed by atoms with E-state index in [2.05, 4.69) is 63.4 Å². The summed E-state index contributed by atoms with van der Waals surface area (Å²) in [6.07, 6.45) is -0.288. The van der Waals surface area contributed by atoms with Crippen LogP contribution in [0.15, 0.2) is 60.7 Å². The summed E-state index contributed by atoms with van der Waals surface area (Å²) in [7, 11) is 1.28.